The van der Waals surface area contributed by atoms with Crippen molar-refractivity contribution in [3.8, 4) is 17.2 Å². The molecule has 1 spiro atoms. The average Bonchev–Trinajstić information content (AvgIpc) is 2.76. The van der Waals surface area contributed by atoms with E-state index in [2.05, 4.69) is 30.9 Å². The maximum Gasteiger partial charge on any atom is 0.161 e. The van der Waals surface area contributed by atoms with E-state index in [1.165, 1.54) is 11.1 Å². The Labute approximate surface area is 184 Å². The van der Waals surface area contributed by atoms with E-state index in [9.17, 15) is 10.2 Å². The summed E-state index contributed by atoms with van der Waals surface area (Å²) in [4.78, 5) is 2.26. The minimum absolute atomic E-state index is 0.334. The molecule has 2 heterocycles. The van der Waals surface area contributed by atoms with E-state index in [-0.39, 0.29) is 5.60 Å². The summed E-state index contributed by atoms with van der Waals surface area (Å²) in [5, 5.41) is 21.6. The molecule has 1 fully saturated rings. The third-order valence-corrected chi connectivity index (χ3v) is 6.87. The topological polar surface area (TPSA) is 71.4 Å². The van der Waals surface area contributed by atoms with Gasteiger partial charge in [-0.25, -0.2) is 0 Å². The Hall–Kier alpha value is -2.28. The second-order valence-corrected chi connectivity index (χ2v) is 8.91. The van der Waals surface area contributed by atoms with E-state index >= 15 is 0 Å². The molecule has 31 heavy (non-hydrogen) atoms. The van der Waals surface area contributed by atoms with Crippen LogP contribution < -0.4 is 14.2 Å². The number of aliphatic hydroxyl groups excluding tert-OH is 2. The number of benzene rings is 2. The second kappa shape index (κ2) is 8.69. The lowest BCUT2D eigenvalue weighted by Crippen LogP contribution is -2.51. The van der Waals surface area contributed by atoms with Crippen molar-refractivity contribution in [3.05, 3.63) is 52.6 Å². The molecule has 0 radical (unpaired) electrons. The van der Waals surface area contributed by atoms with Crippen molar-refractivity contribution in [2.45, 2.75) is 50.9 Å². The van der Waals surface area contributed by atoms with Crippen LogP contribution in [0.15, 0.2) is 30.3 Å². The molecular weight excluding hydrogens is 394 g/mol. The van der Waals surface area contributed by atoms with Gasteiger partial charge in [0.15, 0.2) is 11.5 Å². The molecule has 0 amide bonds. The number of methoxy groups -OCH3 is 2. The quantitative estimate of drug-likeness (QED) is 0.758. The van der Waals surface area contributed by atoms with Gasteiger partial charge in [0.2, 0.25) is 0 Å². The second-order valence-electron chi connectivity index (χ2n) is 8.91. The Morgan fingerprint density at radius 2 is 1.74 bits per heavy atom. The van der Waals surface area contributed by atoms with Crippen LogP contribution in [-0.4, -0.2) is 54.6 Å². The van der Waals surface area contributed by atoms with Crippen molar-refractivity contribution in [2.24, 2.45) is 0 Å². The van der Waals surface area contributed by atoms with E-state index in [0.29, 0.717) is 24.5 Å². The molecule has 6 nitrogen and oxygen atoms in total. The molecule has 2 aliphatic heterocycles. The summed E-state index contributed by atoms with van der Waals surface area (Å²) in [6.07, 6.45) is 1.17. The number of nitrogens with zero attached hydrogens (tertiary/aromatic N) is 1. The van der Waals surface area contributed by atoms with Crippen LogP contribution in [-0.2, 0) is 0 Å². The Kier molecular flexibility index (Phi) is 6.15. The van der Waals surface area contributed by atoms with Gasteiger partial charge >= 0.3 is 0 Å². The zero-order valence-electron chi connectivity index (χ0n) is 18.9. The standard InChI is InChI=1S/C25H33NO5/c1-16-11-19-20(27)14-25(31-23(19)12-17(16)2)7-9-26(10-8-25)15-21(28)18-5-6-22(29-3)24(13-18)30-4/h5-6,11-13,20-21,27-28H,7-10,14-15H2,1-4H3/t20-,21-/m0/s1. The molecule has 2 atom stereocenters. The number of rotatable bonds is 5. The molecule has 0 aromatic heterocycles. The van der Waals surface area contributed by atoms with Crippen molar-refractivity contribution >= 4 is 0 Å². The fourth-order valence-corrected chi connectivity index (χ4v) is 4.76. The van der Waals surface area contributed by atoms with E-state index in [4.69, 9.17) is 14.2 Å². The predicted octanol–water partition coefficient (Wildman–Crippen LogP) is 3.70. The molecule has 6 heteroatoms. The van der Waals surface area contributed by atoms with Crippen LogP contribution in [0.1, 0.15) is 53.7 Å². The lowest BCUT2D eigenvalue weighted by molar-refractivity contribution is -0.0588. The van der Waals surface area contributed by atoms with Crippen LogP contribution in [0.3, 0.4) is 0 Å². The van der Waals surface area contributed by atoms with Crippen molar-refractivity contribution in [1.82, 2.24) is 4.90 Å². The van der Waals surface area contributed by atoms with Crippen LogP contribution in [0.5, 0.6) is 17.2 Å². The smallest absolute Gasteiger partial charge is 0.161 e. The molecule has 2 aromatic rings. The van der Waals surface area contributed by atoms with Gasteiger partial charge in [-0.3, -0.25) is 0 Å². The third kappa shape index (κ3) is 4.38. The van der Waals surface area contributed by atoms with Gasteiger partial charge in [-0.1, -0.05) is 6.07 Å². The van der Waals surface area contributed by atoms with Gasteiger partial charge < -0.3 is 29.3 Å². The monoisotopic (exact) mass is 427 g/mol. The highest BCUT2D eigenvalue weighted by atomic mass is 16.5. The van der Waals surface area contributed by atoms with Crippen LogP contribution in [0, 0.1) is 13.8 Å². The number of aliphatic hydroxyl groups is 2. The first-order valence-corrected chi connectivity index (χ1v) is 10.9. The largest absolute Gasteiger partial charge is 0.493 e. The maximum atomic E-state index is 10.8. The highest BCUT2D eigenvalue weighted by molar-refractivity contribution is 5.45. The minimum Gasteiger partial charge on any atom is -0.493 e. The van der Waals surface area contributed by atoms with E-state index in [1.807, 2.05) is 18.2 Å². The van der Waals surface area contributed by atoms with Gasteiger partial charge in [-0.05, 0) is 67.6 Å². The van der Waals surface area contributed by atoms with E-state index in [0.717, 1.165) is 42.8 Å². The predicted molar refractivity (Wildman–Crippen MR) is 119 cm³/mol. The Morgan fingerprint density at radius 3 is 2.42 bits per heavy atom. The fraction of sp³-hybridized carbons (Fsp3) is 0.520. The summed E-state index contributed by atoms with van der Waals surface area (Å²) < 4.78 is 17.1. The molecule has 0 unspecified atom stereocenters. The number of aryl methyl sites for hydroxylation is 2. The zero-order chi connectivity index (χ0) is 22.2. The van der Waals surface area contributed by atoms with Gasteiger partial charge in [-0.2, -0.15) is 0 Å². The normalized spacial score (nSPS) is 21.3. The summed E-state index contributed by atoms with van der Waals surface area (Å²) in [6.45, 7) is 6.32. The molecule has 2 aliphatic rings. The van der Waals surface area contributed by atoms with Gasteiger partial charge in [-0.15, -0.1) is 0 Å². The number of likely N-dealkylation sites (tertiary alicyclic amines) is 1. The number of fused-ring (bicyclic) bond motifs is 1. The first-order chi connectivity index (χ1) is 14.8. The van der Waals surface area contributed by atoms with E-state index < -0.39 is 12.2 Å². The highest BCUT2D eigenvalue weighted by Crippen LogP contribution is 2.45. The molecule has 4 rings (SSSR count). The molecule has 0 aliphatic carbocycles. The van der Waals surface area contributed by atoms with Crippen LogP contribution in [0.25, 0.3) is 0 Å². The third-order valence-electron chi connectivity index (χ3n) is 6.87. The molecule has 168 valence electrons. The van der Waals surface area contributed by atoms with Gasteiger partial charge in [0.05, 0.1) is 26.4 Å². The number of hydrogen-bond donors (Lipinski definition) is 2. The molecule has 0 bridgehead atoms. The van der Waals surface area contributed by atoms with Gasteiger partial charge in [0.25, 0.3) is 0 Å². The summed E-state index contributed by atoms with van der Waals surface area (Å²) in [5.74, 6) is 2.09. The molecule has 2 N–H and O–H groups in total. The maximum absolute atomic E-state index is 10.8. The summed E-state index contributed by atoms with van der Waals surface area (Å²) in [6, 6.07) is 9.63. The van der Waals surface area contributed by atoms with Gasteiger partial charge in [0.1, 0.15) is 11.4 Å². The number of β-amino-alcohol motifs (C(OH)–C–C–N with tert-alkyl or cyclic N) is 1. The molecule has 0 saturated carbocycles. The molecule has 2 aromatic carbocycles. The zero-order valence-corrected chi connectivity index (χ0v) is 18.9. The Morgan fingerprint density at radius 1 is 1.06 bits per heavy atom. The Bertz CT molecular complexity index is 936. The number of piperidine rings is 1. The van der Waals surface area contributed by atoms with Crippen LogP contribution in [0.4, 0.5) is 0 Å². The summed E-state index contributed by atoms with van der Waals surface area (Å²) in [5.41, 5.74) is 3.73. The van der Waals surface area contributed by atoms with Crippen molar-refractivity contribution < 1.29 is 24.4 Å². The van der Waals surface area contributed by atoms with Gasteiger partial charge in [0, 0.05) is 31.6 Å². The summed E-state index contributed by atoms with van der Waals surface area (Å²) >= 11 is 0. The number of ether oxygens (including phenoxy) is 3. The first-order valence-electron chi connectivity index (χ1n) is 10.9. The SMILES string of the molecule is COc1ccc([C@@H](O)CN2CCC3(CC2)C[C@H](O)c2cc(C)c(C)cc2O3)cc1OC. The van der Waals surface area contributed by atoms with Crippen molar-refractivity contribution in [3.63, 3.8) is 0 Å². The summed E-state index contributed by atoms with van der Waals surface area (Å²) in [7, 11) is 3.19. The van der Waals surface area contributed by atoms with Crippen molar-refractivity contribution in [1.29, 1.82) is 0 Å². The highest BCUT2D eigenvalue weighted by Gasteiger charge is 2.43. The molecule has 1 saturated heterocycles. The fourth-order valence-electron chi connectivity index (χ4n) is 4.76. The number of hydrogen-bond acceptors (Lipinski definition) is 6. The lowest BCUT2D eigenvalue weighted by Gasteiger charge is -2.46. The average molecular weight is 428 g/mol. The van der Waals surface area contributed by atoms with Crippen LogP contribution in [0.2, 0.25) is 0 Å². The van der Waals surface area contributed by atoms with E-state index in [1.54, 1.807) is 14.2 Å². The molecular formula is C25H33NO5. The van der Waals surface area contributed by atoms with Crippen LogP contribution >= 0.6 is 0 Å². The van der Waals surface area contributed by atoms with Crippen molar-refractivity contribution in [2.75, 3.05) is 33.9 Å². The first kappa shape index (κ1) is 21.9. The minimum atomic E-state index is -0.613. The Balaban J connectivity index is 1.40. The lowest BCUT2D eigenvalue weighted by atomic mass is 9.81.